The predicted octanol–water partition coefficient (Wildman–Crippen LogP) is 5.01. The molecule has 1 fully saturated rings. The van der Waals surface area contributed by atoms with Crippen molar-refractivity contribution in [2.75, 3.05) is 45.2 Å². The van der Waals surface area contributed by atoms with Crippen molar-refractivity contribution in [1.29, 1.82) is 0 Å². The van der Waals surface area contributed by atoms with E-state index in [1.54, 1.807) is 12.1 Å². The number of aliphatic hydroxyl groups is 1. The first kappa shape index (κ1) is 38.4. The SMILES string of the molecule is Cc1cccc(C)c1OCC(=O)N[C@@H](Cc1ccccc1)[C@H](O)CN(CC(C)C)S(=O)(=O)c1ccc2nc(NC(=O)C3CCN(C)CC3)sc2c1. The van der Waals surface area contributed by atoms with E-state index in [4.69, 9.17) is 4.74 Å². The minimum absolute atomic E-state index is 0.0478. The third kappa shape index (κ3) is 10.1. The Morgan fingerprint density at radius 2 is 1.71 bits per heavy atom. The van der Waals surface area contributed by atoms with Crippen LogP contribution in [0.25, 0.3) is 10.2 Å². The van der Waals surface area contributed by atoms with E-state index in [9.17, 15) is 23.1 Å². The summed E-state index contributed by atoms with van der Waals surface area (Å²) in [5.41, 5.74) is 3.28. The lowest BCUT2D eigenvalue weighted by molar-refractivity contribution is -0.124. The van der Waals surface area contributed by atoms with Crippen LogP contribution in [0, 0.1) is 25.7 Å². The van der Waals surface area contributed by atoms with Crippen molar-refractivity contribution in [2.24, 2.45) is 11.8 Å². The van der Waals surface area contributed by atoms with Gasteiger partial charge in [-0.2, -0.15) is 4.31 Å². The fourth-order valence-electron chi connectivity index (χ4n) is 6.32. The Kier molecular flexibility index (Phi) is 12.9. The van der Waals surface area contributed by atoms with Gasteiger partial charge in [0.05, 0.1) is 27.3 Å². The van der Waals surface area contributed by atoms with Gasteiger partial charge in [-0.05, 0) is 94.1 Å². The molecule has 0 radical (unpaired) electrons. The smallest absolute Gasteiger partial charge is 0.258 e. The summed E-state index contributed by atoms with van der Waals surface area (Å²) in [5.74, 6) is 0.00640. The van der Waals surface area contributed by atoms with Crippen molar-refractivity contribution in [3.63, 3.8) is 0 Å². The maximum atomic E-state index is 14.2. The van der Waals surface area contributed by atoms with Gasteiger partial charge in [0.1, 0.15) is 5.75 Å². The molecule has 1 aliphatic heterocycles. The van der Waals surface area contributed by atoms with Crippen LogP contribution in [0.15, 0.2) is 71.6 Å². The monoisotopic (exact) mass is 735 g/mol. The topological polar surface area (TPSA) is 141 Å². The van der Waals surface area contributed by atoms with Gasteiger partial charge in [0, 0.05) is 19.0 Å². The molecular formula is C38H49N5O6S2. The number of nitrogens with zero attached hydrogens (tertiary/aromatic N) is 3. The van der Waals surface area contributed by atoms with E-state index in [-0.39, 0.29) is 48.8 Å². The molecule has 274 valence electrons. The van der Waals surface area contributed by atoms with E-state index in [1.807, 2.05) is 83.3 Å². The number of ether oxygens (including phenoxy) is 1. The molecule has 13 heteroatoms. The van der Waals surface area contributed by atoms with Crippen LogP contribution in [-0.4, -0.2) is 91.5 Å². The van der Waals surface area contributed by atoms with Crippen LogP contribution in [0.3, 0.4) is 0 Å². The first-order valence-electron chi connectivity index (χ1n) is 17.4. The lowest BCUT2D eigenvalue weighted by Crippen LogP contribution is -2.52. The van der Waals surface area contributed by atoms with Crippen molar-refractivity contribution >= 4 is 48.5 Å². The Morgan fingerprint density at radius 3 is 2.37 bits per heavy atom. The van der Waals surface area contributed by atoms with Gasteiger partial charge < -0.3 is 25.4 Å². The van der Waals surface area contributed by atoms with Crippen LogP contribution in [0.2, 0.25) is 0 Å². The zero-order valence-corrected chi connectivity index (χ0v) is 31.6. The summed E-state index contributed by atoms with van der Waals surface area (Å²) in [6.07, 6.45) is 0.607. The summed E-state index contributed by atoms with van der Waals surface area (Å²) in [6, 6.07) is 19.1. The zero-order valence-electron chi connectivity index (χ0n) is 30.0. The lowest BCUT2D eigenvalue weighted by Gasteiger charge is -2.30. The molecule has 3 N–H and O–H groups in total. The maximum Gasteiger partial charge on any atom is 0.258 e. The third-order valence-electron chi connectivity index (χ3n) is 9.14. The summed E-state index contributed by atoms with van der Waals surface area (Å²) in [6.45, 7) is 9.02. The molecule has 2 heterocycles. The number of aliphatic hydroxyl groups excluding tert-OH is 1. The number of carbonyl (C=O) groups excluding carboxylic acids is 2. The average Bonchev–Trinajstić information content (AvgIpc) is 3.49. The Labute approximate surface area is 305 Å². The number of benzene rings is 3. The first-order chi connectivity index (χ1) is 24.3. The quantitative estimate of drug-likeness (QED) is 0.155. The number of carbonyl (C=O) groups is 2. The molecule has 2 atom stereocenters. The van der Waals surface area contributed by atoms with E-state index >= 15 is 0 Å². The van der Waals surface area contributed by atoms with E-state index < -0.39 is 28.1 Å². The molecule has 4 aromatic rings. The second-order valence-corrected chi connectivity index (χ2v) is 16.8. The molecule has 1 saturated heterocycles. The van der Waals surface area contributed by atoms with Crippen LogP contribution in [-0.2, 0) is 26.0 Å². The van der Waals surface area contributed by atoms with Crippen LogP contribution in [0.1, 0.15) is 43.4 Å². The van der Waals surface area contributed by atoms with Gasteiger partial charge in [-0.1, -0.05) is 73.7 Å². The van der Waals surface area contributed by atoms with Gasteiger partial charge in [0.15, 0.2) is 11.7 Å². The number of amides is 2. The van der Waals surface area contributed by atoms with Crippen LogP contribution < -0.4 is 15.4 Å². The number of hydrogen-bond acceptors (Lipinski definition) is 9. The molecule has 0 bridgehead atoms. The summed E-state index contributed by atoms with van der Waals surface area (Å²) < 4.78 is 36.2. The number of fused-ring (bicyclic) bond motifs is 1. The van der Waals surface area contributed by atoms with Crippen molar-refractivity contribution < 1.29 is 27.9 Å². The maximum absolute atomic E-state index is 14.2. The largest absolute Gasteiger partial charge is 0.483 e. The van der Waals surface area contributed by atoms with E-state index in [2.05, 4.69) is 20.5 Å². The Bertz CT molecular complexity index is 1890. The number of likely N-dealkylation sites (tertiary alicyclic amines) is 1. The number of piperidine rings is 1. The molecule has 11 nitrogen and oxygen atoms in total. The second kappa shape index (κ2) is 17.1. The zero-order chi connectivity index (χ0) is 36.7. The number of aryl methyl sites for hydroxylation is 2. The van der Waals surface area contributed by atoms with Gasteiger partial charge in [-0.15, -0.1) is 0 Å². The number of rotatable bonds is 15. The van der Waals surface area contributed by atoms with Gasteiger partial charge >= 0.3 is 0 Å². The number of anilines is 1. The van der Waals surface area contributed by atoms with E-state index in [0.717, 1.165) is 42.6 Å². The van der Waals surface area contributed by atoms with E-state index in [0.29, 0.717) is 21.1 Å². The van der Waals surface area contributed by atoms with Gasteiger partial charge in [0.2, 0.25) is 15.9 Å². The molecule has 3 aromatic carbocycles. The number of hydrogen-bond donors (Lipinski definition) is 3. The number of sulfonamides is 1. The summed E-state index contributed by atoms with van der Waals surface area (Å²) >= 11 is 1.23. The Morgan fingerprint density at radius 1 is 1.02 bits per heavy atom. The Balaban J connectivity index is 1.33. The van der Waals surface area contributed by atoms with Crippen LogP contribution >= 0.6 is 11.3 Å². The highest BCUT2D eigenvalue weighted by Gasteiger charge is 2.32. The van der Waals surface area contributed by atoms with Crippen LogP contribution in [0.5, 0.6) is 5.75 Å². The highest BCUT2D eigenvalue weighted by atomic mass is 32.2. The minimum Gasteiger partial charge on any atom is -0.483 e. The fourth-order valence-corrected chi connectivity index (χ4v) is 8.96. The lowest BCUT2D eigenvalue weighted by atomic mass is 9.96. The molecule has 1 aliphatic rings. The molecule has 5 rings (SSSR count). The van der Waals surface area contributed by atoms with Gasteiger partial charge in [-0.3, -0.25) is 9.59 Å². The standard InChI is InChI=1S/C38H49N5O6S2/c1-25(2)22-43(51(47,48)30-14-15-31-34(21-30)50-38(40-31)41-37(46)29-16-18-42(5)19-17-29)23-33(44)32(20-28-12-7-6-8-13-28)39-35(45)24-49-36-26(3)10-9-11-27(36)4/h6-15,21,25,29,32-33,44H,16-20,22-24H2,1-5H3,(H,39,45)(H,40,41,46)/t32-,33+/m0/s1. The predicted molar refractivity (Wildman–Crippen MR) is 202 cm³/mol. The highest BCUT2D eigenvalue weighted by molar-refractivity contribution is 7.89. The molecule has 0 aliphatic carbocycles. The summed E-state index contributed by atoms with van der Waals surface area (Å²) in [4.78, 5) is 32.9. The summed E-state index contributed by atoms with van der Waals surface area (Å²) in [5, 5.41) is 17.9. The van der Waals surface area contributed by atoms with Crippen molar-refractivity contribution in [1.82, 2.24) is 19.5 Å². The molecule has 1 aromatic heterocycles. The van der Waals surface area contributed by atoms with E-state index in [1.165, 1.54) is 21.7 Å². The first-order valence-corrected chi connectivity index (χ1v) is 19.7. The molecular weight excluding hydrogens is 687 g/mol. The number of para-hydroxylation sites is 1. The minimum atomic E-state index is -4.09. The normalized spacial score (nSPS) is 15.6. The van der Waals surface area contributed by atoms with Crippen molar-refractivity contribution in [3.05, 3.63) is 83.4 Å². The molecule has 2 amide bonds. The van der Waals surface area contributed by atoms with Crippen molar-refractivity contribution in [3.8, 4) is 5.75 Å². The molecule has 51 heavy (non-hydrogen) atoms. The molecule has 0 spiro atoms. The van der Waals surface area contributed by atoms with Gasteiger partial charge in [-0.25, -0.2) is 13.4 Å². The number of aromatic nitrogens is 1. The number of nitrogens with one attached hydrogen (secondary N) is 2. The van der Waals surface area contributed by atoms with Crippen molar-refractivity contribution in [2.45, 2.75) is 64.0 Å². The third-order valence-corrected chi connectivity index (χ3v) is 11.9. The van der Waals surface area contributed by atoms with Crippen LogP contribution in [0.4, 0.5) is 5.13 Å². The molecule has 0 unspecified atom stereocenters. The number of thiazole rings is 1. The molecule has 0 saturated carbocycles. The highest BCUT2D eigenvalue weighted by Crippen LogP contribution is 2.31. The fraction of sp³-hybridized carbons (Fsp3) is 0.447. The Hall–Kier alpha value is -3.88. The summed E-state index contributed by atoms with van der Waals surface area (Å²) in [7, 11) is -2.04. The average molecular weight is 736 g/mol. The van der Waals surface area contributed by atoms with Gasteiger partial charge in [0.25, 0.3) is 5.91 Å². The second-order valence-electron chi connectivity index (χ2n) is 13.9.